The summed E-state index contributed by atoms with van der Waals surface area (Å²) in [6.07, 6.45) is 8.15. The number of allylic oxidation sites excluding steroid dienone is 1. The average molecular weight is 317 g/mol. The molecule has 0 aromatic carbocycles. The summed E-state index contributed by atoms with van der Waals surface area (Å²) in [5, 5.41) is 0. The van der Waals surface area contributed by atoms with Crippen LogP contribution in [0, 0.1) is 6.92 Å². The summed E-state index contributed by atoms with van der Waals surface area (Å²) >= 11 is 0. The number of likely N-dealkylation sites (tertiary alicyclic amines) is 1. The predicted molar refractivity (Wildman–Crippen MR) is 90.2 cm³/mol. The van der Waals surface area contributed by atoms with E-state index in [0.717, 1.165) is 68.3 Å². The van der Waals surface area contributed by atoms with E-state index in [0.29, 0.717) is 0 Å². The summed E-state index contributed by atoms with van der Waals surface area (Å²) in [6, 6.07) is 0. The van der Waals surface area contributed by atoms with Crippen molar-refractivity contribution < 1.29 is 9.53 Å². The molecule has 5 nitrogen and oxygen atoms in total. The molecule has 3 rings (SSSR count). The molecule has 0 aliphatic carbocycles. The van der Waals surface area contributed by atoms with Gasteiger partial charge < -0.3 is 9.30 Å². The minimum Gasteiger partial charge on any atom is -0.376 e. The fourth-order valence-corrected chi connectivity index (χ4v) is 3.35. The summed E-state index contributed by atoms with van der Waals surface area (Å²) in [5.41, 5.74) is 2.78. The number of rotatable bonds is 6. The number of piperidine rings is 1. The molecule has 0 N–H and O–H groups in total. The Hall–Kier alpha value is -1.46. The lowest BCUT2D eigenvalue weighted by Gasteiger charge is -2.30. The minimum atomic E-state index is 0.285. The van der Waals surface area contributed by atoms with Crippen LogP contribution in [0.4, 0.5) is 0 Å². The van der Waals surface area contributed by atoms with Gasteiger partial charge in [-0.25, -0.2) is 4.98 Å². The number of aryl methyl sites for hydroxylation is 1. The van der Waals surface area contributed by atoms with Gasteiger partial charge in [-0.15, -0.1) is 0 Å². The highest BCUT2D eigenvalue weighted by Crippen LogP contribution is 2.22. The number of nitrogens with zero attached hydrogens (tertiary/aromatic N) is 3. The van der Waals surface area contributed by atoms with E-state index in [1.54, 1.807) is 0 Å². The van der Waals surface area contributed by atoms with Gasteiger partial charge in [-0.2, -0.15) is 0 Å². The maximum Gasteiger partial charge on any atom is 0.145 e. The zero-order chi connectivity index (χ0) is 16.2. The lowest BCUT2D eigenvalue weighted by atomic mass is 10.1. The summed E-state index contributed by atoms with van der Waals surface area (Å²) < 4.78 is 7.89. The molecule has 2 aliphatic heterocycles. The molecular formula is C18H27N3O2. The molecule has 2 fully saturated rings. The second-order valence-corrected chi connectivity index (χ2v) is 6.73. The number of aldehydes is 1. The minimum absolute atomic E-state index is 0.285. The van der Waals surface area contributed by atoms with Gasteiger partial charge in [0.25, 0.3) is 0 Å². The van der Waals surface area contributed by atoms with Crippen LogP contribution in [0.5, 0.6) is 0 Å². The number of hydrogen-bond acceptors (Lipinski definition) is 4. The van der Waals surface area contributed by atoms with Gasteiger partial charge in [-0.1, -0.05) is 6.42 Å². The molecule has 2 saturated heterocycles. The molecule has 1 aromatic heterocycles. The van der Waals surface area contributed by atoms with Crippen molar-refractivity contribution in [3.8, 4) is 0 Å². The number of hydrogen-bond donors (Lipinski definition) is 0. The zero-order valence-electron chi connectivity index (χ0n) is 14.3. The first-order valence-corrected chi connectivity index (χ1v) is 8.71. The lowest BCUT2D eigenvalue weighted by Crippen LogP contribution is -2.34. The first kappa shape index (κ1) is 16.4. The van der Waals surface area contributed by atoms with Crippen molar-refractivity contribution in [2.75, 3.05) is 19.7 Å². The van der Waals surface area contributed by atoms with Crippen LogP contribution in [0.25, 0.3) is 6.08 Å². The SMILES string of the molecule is C/C(C=O)=C\c1c(C)nc(CN2CCCCC2)n1CC1CCO1. The van der Waals surface area contributed by atoms with Gasteiger partial charge in [-0.3, -0.25) is 9.69 Å². The third-order valence-corrected chi connectivity index (χ3v) is 4.81. The van der Waals surface area contributed by atoms with Crippen molar-refractivity contribution in [2.45, 2.75) is 58.7 Å². The second-order valence-electron chi connectivity index (χ2n) is 6.73. The molecule has 0 amide bonds. The number of aromatic nitrogens is 2. The third kappa shape index (κ3) is 3.90. The van der Waals surface area contributed by atoms with Crippen molar-refractivity contribution in [1.82, 2.24) is 14.5 Å². The first-order chi connectivity index (χ1) is 11.2. The van der Waals surface area contributed by atoms with Gasteiger partial charge in [0.1, 0.15) is 12.1 Å². The third-order valence-electron chi connectivity index (χ3n) is 4.81. The van der Waals surface area contributed by atoms with E-state index in [2.05, 4.69) is 9.47 Å². The molecule has 2 aliphatic rings. The predicted octanol–water partition coefficient (Wildman–Crippen LogP) is 2.57. The quantitative estimate of drug-likeness (QED) is 0.597. The molecule has 0 radical (unpaired) electrons. The van der Waals surface area contributed by atoms with E-state index in [-0.39, 0.29) is 6.10 Å². The maximum absolute atomic E-state index is 11.0. The fraction of sp³-hybridized carbons (Fsp3) is 0.667. The van der Waals surface area contributed by atoms with E-state index >= 15 is 0 Å². The number of ether oxygens (including phenoxy) is 1. The molecule has 1 unspecified atom stereocenters. The first-order valence-electron chi connectivity index (χ1n) is 8.71. The van der Waals surface area contributed by atoms with E-state index < -0.39 is 0 Å². The van der Waals surface area contributed by atoms with Gasteiger partial charge in [0.2, 0.25) is 0 Å². The Morgan fingerprint density at radius 2 is 2.09 bits per heavy atom. The Kier molecular flexibility index (Phi) is 5.28. The van der Waals surface area contributed by atoms with Gasteiger partial charge in [0.15, 0.2) is 0 Å². The largest absolute Gasteiger partial charge is 0.376 e. The van der Waals surface area contributed by atoms with Crippen molar-refractivity contribution in [1.29, 1.82) is 0 Å². The van der Waals surface area contributed by atoms with Gasteiger partial charge in [0.05, 0.1) is 30.6 Å². The van der Waals surface area contributed by atoms with Crippen LogP contribution in [0.3, 0.4) is 0 Å². The lowest BCUT2D eigenvalue weighted by molar-refractivity contribution is -0.104. The zero-order valence-corrected chi connectivity index (χ0v) is 14.3. The Morgan fingerprint density at radius 3 is 2.70 bits per heavy atom. The average Bonchev–Trinajstić information content (AvgIpc) is 2.79. The van der Waals surface area contributed by atoms with E-state index in [4.69, 9.17) is 9.72 Å². The van der Waals surface area contributed by atoms with Crippen LogP contribution in [-0.4, -0.2) is 46.5 Å². The topological polar surface area (TPSA) is 47.4 Å². The van der Waals surface area contributed by atoms with Gasteiger partial charge >= 0.3 is 0 Å². The summed E-state index contributed by atoms with van der Waals surface area (Å²) in [5.74, 6) is 1.10. The maximum atomic E-state index is 11.0. The highest BCUT2D eigenvalue weighted by atomic mass is 16.5. The van der Waals surface area contributed by atoms with E-state index in [9.17, 15) is 4.79 Å². The normalized spacial score (nSPS) is 22.9. The van der Waals surface area contributed by atoms with E-state index in [1.165, 1.54) is 19.3 Å². The number of carbonyl (C=O) groups excluding carboxylic acids is 1. The molecule has 1 aromatic rings. The van der Waals surface area contributed by atoms with Crippen LogP contribution < -0.4 is 0 Å². The molecule has 0 bridgehead atoms. The second kappa shape index (κ2) is 7.41. The summed E-state index contributed by atoms with van der Waals surface area (Å²) in [7, 11) is 0. The molecule has 1 atom stereocenters. The monoisotopic (exact) mass is 317 g/mol. The molecule has 23 heavy (non-hydrogen) atoms. The van der Waals surface area contributed by atoms with Crippen LogP contribution in [0.2, 0.25) is 0 Å². The highest BCUT2D eigenvalue weighted by molar-refractivity contribution is 5.80. The van der Waals surface area contributed by atoms with Crippen LogP contribution in [0.1, 0.15) is 49.8 Å². The molecule has 0 spiro atoms. The van der Waals surface area contributed by atoms with Crippen molar-refractivity contribution >= 4 is 12.4 Å². The molecule has 126 valence electrons. The van der Waals surface area contributed by atoms with Gasteiger partial charge in [0, 0.05) is 6.61 Å². The standard InChI is InChI=1S/C18H27N3O2/c1-14(13-22)10-17-15(2)19-18(12-20-7-4-3-5-8-20)21(17)11-16-6-9-23-16/h10,13,16H,3-9,11-12H2,1-2H3/b14-10+. The molecule has 5 heteroatoms. The van der Waals surface area contributed by atoms with Crippen molar-refractivity contribution in [2.24, 2.45) is 0 Å². The molecule has 3 heterocycles. The highest BCUT2D eigenvalue weighted by Gasteiger charge is 2.23. The number of carbonyl (C=O) groups is 1. The number of imidazole rings is 1. The van der Waals surface area contributed by atoms with Crippen molar-refractivity contribution in [3.63, 3.8) is 0 Å². The smallest absolute Gasteiger partial charge is 0.145 e. The molecular weight excluding hydrogens is 290 g/mol. The van der Waals surface area contributed by atoms with Gasteiger partial charge in [-0.05, 0) is 57.8 Å². The van der Waals surface area contributed by atoms with Crippen LogP contribution in [0.15, 0.2) is 5.57 Å². The Labute approximate surface area is 138 Å². The van der Waals surface area contributed by atoms with Crippen LogP contribution >= 0.6 is 0 Å². The van der Waals surface area contributed by atoms with E-state index in [1.807, 2.05) is 19.9 Å². The summed E-state index contributed by atoms with van der Waals surface area (Å²) in [4.78, 5) is 18.3. The van der Waals surface area contributed by atoms with Crippen molar-refractivity contribution in [3.05, 3.63) is 22.8 Å². The molecule has 0 saturated carbocycles. The Balaban J connectivity index is 1.86. The Morgan fingerprint density at radius 1 is 1.35 bits per heavy atom. The van der Waals surface area contributed by atoms with Crippen LogP contribution in [-0.2, 0) is 22.6 Å². The summed E-state index contributed by atoms with van der Waals surface area (Å²) in [6.45, 7) is 8.77. The Bertz CT molecular complexity index is 581. The fourth-order valence-electron chi connectivity index (χ4n) is 3.35.